The Hall–Kier alpha value is -1.09. The Morgan fingerprint density at radius 1 is 1.54 bits per heavy atom. The number of nitrogen functional groups attached to an aromatic ring is 1. The van der Waals surface area contributed by atoms with Crippen LogP contribution in [0.4, 0.5) is 5.69 Å². The van der Waals surface area contributed by atoms with Gasteiger partial charge < -0.3 is 5.73 Å². The van der Waals surface area contributed by atoms with E-state index in [1.165, 1.54) is 0 Å². The average molecular weight is 179 g/mol. The summed E-state index contributed by atoms with van der Waals surface area (Å²) in [4.78, 5) is 6.44. The number of pyridine rings is 1. The van der Waals surface area contributed by atoms with Gasteiger partial charge >= 0.3 is 0 Å². The van der Waals surface area contributed by atoms with E-state index >= 15 is 0 Å². The molecule has 0 bridgehead atoms. The second-order valence-electron chi connectivity index (χ2n) is 3.55. The summed E-state index contributed by atoms with van der Waals surface area (Å²) in [7, 11) is 2.07. The van der Waals surface area contributed by atoms with Gasteiger partial charge in [-0.05, 0) is 33.0 Å². The minimum absolute atomic E-state index is 0.515. The molecule has 72 valence electrons. The van der Waals surface area contributed by atoms with E-state index in [0.29, 0.717) is 6.04 Å². The summed E-state index contributed by atoms with van der Waals surface area (Å²) in [6, 6.07) is 4.26. The van der Waals surface area contributed by atoms with Crippen molar-refractivity contribution in [3.05, 3.63) is 24.0 Å². The van der Waals surface area contributed by atoms with Crippen LogP contribution < -0.4 is 5.73 Å². The third kappa shape index (κ3) is 2.70. The number of nitrogens with two attached hydrogens (primary N) is 1. The van der Waals surface area contributed by atoms with Crippen LogP contribution in [0.5, 0.6) is 0 Å². The first kappa shape index (κ1) is 9.99. The van der Waals surface area contributed by atoms with Gasteiger partial charge in [-0.1, -0.05) is 0 Å². The Labute approximate surface area is 79.6 Å². The van der Waals surface area contributed by atoms with Crippen molar-refractivity contribution < 1.29 is 0 Å². The van der Waals surface area contributed by atoms with Crippen molar-refractivity contribution in [2.45, 2.75) is 26.4 Å². The quantitative estimate of drug-likeness (QED) is 0.764. The fraction of sp³-hybridized carbons (Fsp3) is 0.500. The molecule has 0 aromatic carbocycles. The largest absolute Gasteiger partial charge is 0.397 e. The molecule has 0 saturated carbocycles. The zero-order valence-corrected chi connectivity index (χ0v) is 8.49. The van der Waals surface area contributed by atoms with Gasteiger partial charge in [0.15, 0.2) is 0 Å². The Balaban J connectivity index is 2.69. The van der Waals surface area contributed by atoms with Crippen LogP contribution >= 0.6 is 0 Å². The summed E-state index contributed by atoms with van der Waals surface area (Å²) in [6.07, 6.45) is 1.78. The van der Waals surface area contributed by atoms with Crippen molar-refractivity contribution in [3.63, 3.8) is 0 Å². The molecule has 3 nitrogen and oxygen atoms in total. The number of anilines is 1. The lowest BCUT2D eigenvalue weighted by atomic mass is 10.2. The summed E-state index contributed by atoms with van der Waals surface area (Å²) in [5.41, 5.74) is 7.51. The van der Waals surface area contributed by atoms with Gasteiger partial charge in [0.05, 0.1) is 11.4 Å². The van der Waals surface area contributed by atoms with Crippen molar-refractivity contribution in [1.82, 2.24) is 9.88 Å². The molecule has 0 fully saturated rings. The van der Waals surface area contributed by atoms with Crippen LogP contribution in [-0.2, 0) is 6.54 Å². The first-order valence-corrected chi connectivity index (χ1v) is 4.51. The molecule has 0 radical (unpaired) electrons. The second-order valence-corrected chi connectivity index (χ2v) is 3.55. The van der Waals surface area contributed by atoms with Gasteiger partial charge in [-0.25, -0.2) is 0 Å². The van der Waals surface area contributed by atoms with Crippen molar-refractivity contribution in [2.75, 3.05) is 12.8 Å². The molecule has 1 heterocycles. The fourth-order valence-electron chi connectivity index (χ4n) is 1.00. The number of rotatable bonds is 3. The van der Waals surface area contributed by atoms with Crippen LogP contribution in [0.2, 0.25) is 0 Å². The van der Waals surface area contributed by atoms with E-state index < -0.39 is 0 Å². The van der Waals surface area contributed by atoms with Gasteiger partial charge in [-0.15, -0.1) is 0 Å². The smallest absolute Gasteiger partial charge is 0.0772 e. The predicted octanol–water partition coefficient (Wildman–Crippen LogP) is 1.50. The lowest BCUT2D eigenvalue weighted by molar-refractivity contribution is 0.263. The van der Waals surface area contributed by atoms with Crippen LogP contribution in [0, 0.1) is 0 Å². The minimum atomic E-state index is 0.515. The van der Waals surface area contributed by atoms with Gasteiger partial charge in [0.1, 0.15) is 0 Å². The molecular weight excluding hydrogens is 162 g/mol. The standard InChI is InChI=1S/C10H17N3/c1-8(2)13(3)7-10-9(11)5-4-6-12-10/h4-6,8H,7,11H2,1-3H3. The average Bonchev–Trinajstić information content (AvgIpc) is 2.08. The van der Waals surface area contributed by atoms with E-state index in [4.69, 9.17) is 5.73 Å². The van der Waals surface area contributed by atoms with E-state index in [2.05, 4.69) is 30.8 Å². The van der Waals surface area contributed by atoms with E-state index in [-0.39, 0.29) is 0 Å². The first-order valence-electron chi connectivity index (χ1n) is 4.51. The number of aromatic nitrogens is 1. The summed E-state index contributed by atoms with van der Waals surface area (Å²) in [6.45, 7) is 5.11. The topological polar surface area (TPSA) is 42.2 Å². The third-order valence-electron chi connectivity index (χ3n) is 2.21. The molecule has 0 aliphatic carbocycles. The van der Waals surface area contributed by atoms with E-state index in [9.17, 15) is 0 Å². The van der Waals surface area contributed by atoms with E-state index in [0.717, 1.165) is 17.9 Å². The molecular formula is C10H17N3. The fourth-order valence-corrected chi connectivity index (χ4v) is 1.00. The van der Waals surface area contributed by atoms with Gasteiger partial charge in [0.2, 0.25) is 0 Å². The Kier molecular flexibility index (Phi) is 3.25. The van der Waals surface area contributed by atoms with Crippen LogP contribution in [0.1, 0.15) is 19.5 Å². The van der Waals surface area contributed by atoms with Gasteiger partial charge in [0, 0.05) is 18.8 Å². The molecule has 0 amide bonds. The maximum atomic E-state index is 5.78. The summed E-state index contributed by atoms with van der Waals surface area (Å²) >= 11 is 0. The highest BCUT2D eigenvalue weighted by atomic mass is 15.1. The highest BCUT2D eigenvalue weighted by molar-refractivity contribution is 5.41. The third-order valence-corrected chi connectivity index (χ3v) is 2.21. The van der Waals surface area contributed by atoms with Crippen molar-refractivity contribution >= 4 is 5.69 Å². The maximum absolute atomic E-state index is 5.78. The van der Waals surface area contributed by atoms with Gasteiger partial charge in [0.25, 0.3) is 0 Å². The maximum Gasteiger partial charge on any atom is 0.0772 e. The van der Waals surface area contributed by atoms with E-state index in [1.807, 2.05) is 12.1 Å². The lowest BCUT2D eigenvalue weighted by Gasteiger charge is -2.20. The molecule has 0 spiro atoms. The SMILES string of the molecule is CC(C)N(C)Cc1ncccc1N. The van der Waals surface area contributed by atoms with E-state index in [1.54, 1.807) is 6.20 Å². The van der Waals surface area contributed by atoms with Crippen LogP contribution in [0.25, 0.3) is 0 Å². The number of hydrogen-bond donors (Lipinski definition) is 1. The Morgan fingerprint density at radius 2 is 2.23 bits per heavy atom. The Bertz CT molecular complexity index is 271. The predicted molar refractivity (Wildman–Crippen MR) is 55.3 cm³/mol. The monoisotopic (exact) mass is 179 g/mol. The summed E-state index contributed by atoms with van der Waals surface area (Å²) in [5.74, 6) is 0. The molecule has 1 rings (SSSR count). The molecule has 0 aliphatic rings. The summed E-state index contributed by atoms with van der Waals surface area (Å²) in [5, 5.41) is 0. The molecule has 0 atom stereocenters. The zero-order chi connectivity index (χ0) is 9.84. The zero-order valence-electron chi connectivity index (χ0n) is 8.49. The number of hydrogen-bond acceptors (Lipinski definition) is 3. The van der Waals surface area contributed by atoms with Crippen molar-refractivity contribution in [3.8, 4) is 0 Å². The molecule has 3 heteroatoms. The lowest BCUT2D eigenvalue weighted by Crippen LogP contribution is -2.26. The number of nitrogens with zero attached hydrogens (tertiary/aromatic N) is 2. The minimum Gasteiger partial charge on any atom is -0.397 e. The molecule has 13 heavy (non-hydrogen) atoms. The van der Waals surface area contributed by atoms with Crippen molar-refractivity contribution in [1.29, 1.82) is 0 Å². The van der Waals surface area contributed by atoms with Crippen LogP contribution in [0.3, 0.4) is 0 Å². The molecule has 1 aromatic heterocycles. The molecule has 2 N–H and O–H groups in total. The van der Waals surface area contributed by atoms with Crippen LogP contribution in [0.15, 0.2) is 18.3 Å². The first-order chi connectivity index (χ1) is 6.11. The van der Waals surface area contributed by atoms with Crippen molar-refractivity contribution in [2.24, 2.45) is 0 Å². The molecule has 0 aliphatic heterocycles. The van der Waals surface area contributed by atoms with Crippen LogP contribution in [-0.4, -0.2) is 23.0 Å². The highest BCUT2D eigenvalue weighted by Crippen LogP contribution is 2.10. The molecule has 1 aromatic rings. The normalized spacial score (nSPS) is 11.2. The van der Waals surface area contributed by atoms with Gasteiger partial charge in [-0.2, -0.15) is 0 Å². The second kappa shape index (κ2) is 4.23. The highest BCUT2D eigenvalue weighted by Gasteiger charge is 2.06. The Morgan fingerprint density at radius 3 is 2.77 bits per heavy atom. The molecule has 0 saturated heterocycles. The molecule has 0 unspecified atom stereocenters. The summed E-state index contributed by atoms with van der Waals surface area (Å²) < 4.78 is 0. The van der Waals surface area contributed by atoms with Gasteiger partial charge in [-0.3, -0.25) is 9.88 Å².